The van der Waals surface area contributed by atoms with E-state index in [1.54, 1.807) is 24.3 Å². The molecule has 0 fully saturated rings. The minimum atomic E-state index is -5.03. The molecule has 0 unspecified atom stereocenters. The minimum absolute atomic E-state index is 0.0181. The number of methoxy groups -OCH3 is 1. The summed E-state index contributed by atoms with van der Waals surface area (Å²) in [6.07, 6.45) is -9.15. The molecule has 0 aliphatic rings. The zero-order valence-electron chi connectivity index (χ0n) is 14.8. The number of halogens is 7. The van der Waals surface area contributed by atoms with E-state index in [4.69, 9.17) is 4.74 Å². The maximum atomic E-state index is 14.3. The topological polar surface area (TPSA) is 27.1 Å². The molecule has 0 aliphatic heterocycles. The van der Waals surface area contributed by atoms with E-state index in [0.717, 1.165) is 10.9 Å². The monoisotopic (exact) mass is 418 g/mol. The Labute approximate surface area is 160 Å². The molecule has 3 nitrogen and oxygen atoms in total. The normalized spacial score (nSPS) is 12.3. The first-order valence-corrected chi connectivity index (χ1v) is 8.13. The van der Waals surface area contributed by atoms with Crippen LogP contribution in [0.2, 0.25) is 0 Å². The molecule has 29 heavy (non-hydrogen) atoms. The molecule has 1 aromatic heterocycles. The molecule has 154 valence electrons. The van der Waals surface area contributed by atoms with Gasteiger partial charge in [-0.25, -0.2) is 4.39 Å². The maximum Gasteiger partial charge on any atom is 0.416 e. The summed E-state index contributed by atoms with van der Waals surface area (Å²) >= 11 is 0. The highest BCUT2D eigenvalue weighted by atomic mass is 19.4. The number of alkyl halides is 6. The molecule has 0 radical (unpaired) electrons. The quantitative estimate of drug-likeness (QED) is 0.502. The van der Waals surface area contributed by atoms with Gasteiger partial charge in [0.25, 0.3) is 0 Å². The second-order valence-electron chi connectivity index (χ2n) is 6.17. The molecule has 2 aromatic carbocycles. The van der Waals surface area contributed by atoms with Crippen molar-refractivity contribution in [1.29, 1.82) is 0 Å². The van der Waals surface area contributed by atoms with Crippen molar-refractivity contribution in [2.24, 2.45) is 0 Å². The van der Waals surface area contributed by atoms with E-state index in [2.05, 4.69) is 5.10 Å². The first-order valence-electron chi connectivity index (χ1n) is 8.13. The van der Waals surface area contributed by atoms with Crippen molar-refractivity contribution >= 4 is 0 Å². The van der Waals surface area contributed by atoms with Gasteiger partial charge in [-0.3, -0.25) is 4.68 Å². The Kier molecular flexibility index (Phi) is 5.29. The molecule has 0 saturated carbocycles. The molecule has 0 saturated heterocycles. The van der Waals surface area contributed by atoms with Gasteiger partial charge in [-0.15, -0.1) is 0 Å². The Balaban J connectivity index is 2.00. The van der Waals surface area contributed by atoms with Crippen molar-refractivity contribution in [3.63, 3.8) is 0 Å². The molecule has 0 aliphatic carbocycles. The van der Waals surface area contributed by atoms with Crippen LogP contribution < -0.4 is 4.74 Å². The number of benzene rings is 2. The Morgan fingerprint density at radius 2 is 1.45 bits per heavy atom. The lowest BCUT2D eigenvalue weighted by molar-refractivity contribution is -0.143. The maximum absolute atomic E-state index is 14.3. The third kappa shape index (κ3) is 4.69. The number of rotatable bonds is 4. The van der Waals surface area contributed by atoms with E-state index < -0.39 is 40.6 Å². The average molecular weight is 418 g/mol. The number of ether oxygens (including phenoxy) is 1. The van der Waals surface area contributed by atoms with Gasteiger partial charge in [0.2, 0.25) is 0 Å². The molecule has 1 heterocycles. The summed E-state index contributed by atoms with van der Waals surface area (Å²) < 4.78 is 98.5. The molecule has 0 amide bonds. The molecule has 0 spiro atoms. The lowest BCUT2D eigenvalue weighted by atomic mass is 10.0. The first kappa shape index (κ1) is 20.7. The predicted molar refractivity (Wildman–Crippen MR) is 89.7 cm³/mol. The van der Waals surface area contributed by atoms with Crippen LogP contribution >= 0.6 is 0 Å². The first-order chi connectivity index (χ1) is 13.5. The molecule has 3 rings (SSSR count). The number of aromatic nitrogens is 2. The Morgan fingerprint density at radius 3 is 1.93 bits per heavy atom. The van der Waals surface area contributed by atoms with Gasteiger partial charge in [0, 0.05) is 5.56 Å². The van der Waals surface area contributed by atoms with Gasteiger partial charge in [0.15, 0.2) is 5.82 Å². The molecule has 10 heteroatoms. The largest absolute Gasteiger partial charge is 0.497 e. The summed E-state index contributed by atoms with van der Waals surface area (Å²) in [5.74, 6) is -0.448. The minimum Gasteiger partial charge on any atom is -0.497 e. The average Bonchev–Trinajstić information content (AvgIpc) is 3.00. The van der Waals surface area contributed by atoms with Crippen molar-refractivity contribution in [1.82, 2.24) is 9.78 Å². The fraction of sp³-hybridized carbons (Fsp3) is 0.211. The van der Waals surface area contributed by atoms with Crippen molar-refractivity contribution < 1.29 is 35.5 Å². The predicted octanol–water partition coefficient (Wildman–Crippen LogP) is 5.78. The third-order valence-electron chi connectivity index (χ3n) is 4.08. The summed E-state index contributed by atoms with van der Waals surface area (Å²) in [6, 6.07) is 7.51. The summed E-state index contributed by atoms with van der Waals surface area (Å²) in [6.45, 7) is 0.0615. The van der Waals surface area contributed by atoms with E-state index in [-0.39, 0.29) is 12.6 Å². The van der Waals surface area contributed by atoms with Crippen LogP contribution in [0.5, 0.6) is 5.75 Å². The standard InChI is InChI=1S/C19H13F7N2O/c1-29-15-4-2-11(3-5-15)9-28-10-16(20)17(27-28)12-6-13(18(21,22)23)8-14(7-12)19(24,25)26/h2-8,10H,9H2,1H3. The molecule has 0 N–H and O–H groups in total. The molecule has 3 aromatic rings. The van der Waals surface area contributed by atoms with E-state index >= 15 is 0 Å². The van der Waals surface area contributed by atoms with Gasteiger partial charge in [-0.05, 0) is 35.9 Å². The van der Waals surface area contributed by atoms with Crippen molar-refractivity contribution in [2.75, 3.05) is 7.11 Å². The van der Waals surface area contributed by atoms with Crippen LogP contribution in [0.1, 0.15) is 16.7 Å². The second kappa shape index (κ2) is 7.41. The summed E-state index contributed by atoms with van der Waals surface area (Å²) in [4.78, 5) is 0. The van der Waals surface area contributed by atoms with Gasteiger partial charge in [0.05, 0.1) is 31.0 Å². The lowest BCUT2D eigenvalue weighted by Crippen LogP contribution is -2.11. The van der Waals surface area contributed by atoms with E-state index in [9.17, 15) is 30.7 Å². The Hall–Kier alpha value is -3.04. The van der Waals surface area contributed by atoms with Gasteiger partial charge in [-0.2, -0.15) is 31.4 Å². The van der Waals surface area contributed by atoms with Crippen LogP contribution in [0, 0.1) is 5.82 Å². The van der Waals surface area contributed by atoms with Crippen molar-refractivity contribution in [3.05, 3.63) is 71.2 Å². The van der Waals surface area contributed by atoms with E-state index in [1.165, 1.54) is 7.11 Å². The van der Waals surface area contributed by atoms with Crippen LogP contribution in [-0.2, 0) is 18.9 Å². The Morgan fingerprint density at radius 1 is 0.897 bits per heavy atom. The molecular formula is C19H13F7N2O. The van der Waals surface area contributed by atoms with Crippen LogP contribution in [0.25, 0.3) is 11.3 Å². The second-order valence-corrected chi connectivity index (χ2v) is 6.17. The number of hydrogen-bond donors (Lipinski definition) is 0. The van der Waals surface area contributed by atoms with Gasteiger partial charge < -0.3 is 4.74 Å². The molecule has 0 bridgehead atoms. The Bertz CT molecular complexity index is 973. The number of nitrogens with zero attached hydrogens (tertiary/aromatic N) is 2. The third-order valence-corrected chi connectivity index (χ3v) is 4.08. The van der Waals surface area contributed by atoms with Gasteiger partial charge in [0.1, 0.15) is 11.4 Å². The highest BCUT2D eigenvalue weighted by Gasteiger charge is 2.37. The highest BCUT2D eigenvalue weighted by Crippen LogP contribution is 2.38. The fourth-order valence-electron chi connectivity index (χ4n) is 2.68. The lowest BCUT2D eigenvalue weighted by Gasteiger charge is -2.13. The summed E-state index contributed by atoms with van der Waals surface area (Å²) in [7, 11) is 1.48. The number of hydrogen-bond acceptors (Lipinski definition) is 2. The van der Waals surface area contributed by atoms with E-state index in [0.29, 0.717) is 23.4 Å². The highest BCUT2D eigenvalue weighted by molar-refractivity contribution is 5.62. The van der Waals surface area contributed by atoms with Crippen LogP contribution in [0.4, 0.5) is 30.7 Å². The molecular weight excluding hydrogens is 405 g/mol. The summed E-state index contributed by atoms with van der Waals surface area (Å²) in [5, 5.41) is 3.84. The van der Waals surface area contributed by atoms with Gasteiger partial charge >= 0.3 is 12.4 Å². The SMILES string of the molecule is COc1ccc(Cn2cc(F)c(-c3cc(C(F)(F)F)cc(C(F)(F)F)c3)n2)cc1. The van der Waals surface area contributed by atoms with Crippen LogP contribution in [0.3, 0.4) is 0 Å². The van der Waals surface area contributed by atoms with E-state index in [1.807, 2.05) is 0 Å². The van der Waals surface area contributed by atoms with Crippen molar-refractivity contribution in [2.45, 2.75) is 18.9 Å². The fourth-order valence-corrected chi connectivity index (χ4v) is 2.68. The zero-order chi connectivity index (χ0) is 21.4. The van der Waals surface area contributed by atoms with Crippen molar-refractivity contribution in [3.8, 4) is 17.0 Å². The zero-order valence-corrected chi connectivity index (χ0v) is 14.8. The van der Waals surface area contributed by atoms with Crippen LogP contribution in [0.15, 0.2) is 48.7 Å². The summed E-state index contributed by atoms with van der Waals surface area (Å²) in [5.41, 5.74) is -3.61. The van der Waals surface area contributed by atoms with Crippen LogP contribution in [-0.4, -0.2) is 16.9 Å². The molecule has 0 atom stereocenters. The van der Waals surface area contributed by atoms with Gasteiger partial charge in [-0.1, -0.05) is 12.1 Å². The smallest absolute Gasteiger partial charge is 0.416 e.